The van der Waals surface area contributed by atoms with Crippen molar-refractivity contribution >= 4 is 19.8 Å². The Bertz CT molecular complexity index is 863. The molecule has 0 saturated carbocycles. The molecule has 0 aromatic heterocycles. The smallest absolute Gasteiger partial charge is 0.462 e. The molecule has 11 heteroatoms. The second-order valence-electron chi connectivity index (χ2n) is 12.6. The Morgan fingerprint density at radius 2 is 1.08 bits per heavy atom. The summed E-state index contributed by atoms with van der Waals surface area (Å²) in [4.78, 5) is 34.7. The van der Waals surface area contributed by atoms with Crippen LogP contribution < -0.4 is 0 Å². The lowest BCUT2D eigenvalue weighted by molar-refractivity contribution is -0.161. The standard InChI is InChI=1S/C37H69O10P/c1-3-5-7-9-11-13-14-15-16-17-18-19-20-21-23-24-26-28-36(40)44-32-35(33-46-48(42,43)45-31-34(39)30-38)47-37(41)29-27-25-22-12-10-8-6-4-2/h11,13,15-16,34-35,38-39H,3-10,12,14,17-33H2,1-2H3,(H,42,43)/b13-11+,16-15+/t34-,35+/m1/s1. The first kappa shape index (κ1) is 46.5. The van der Waals surface area contributed by atoms with E-state index in [1.54, 1.807) is 0 Å². The van der Waals surface area contributed by atoms with Crippen molar-refractivity contribution in [3.05, 3.63) is 24.3 Å². The van der Waals surface area contributed by atoms with Gasteiger partial charge in [-0.1, -0.05) is 128 Å². The Labute approximate surface area is 291 Å². The summed E-state index contributed by atoms with van der Waals surface area (Å²) in [5.74, 6) is -0.937. The summed E-state index contributed by atoms with van der Waals surface area (Å²) in [6.07, 6.45) is 30.2. The molecule has 0 fully saturated rings. The predicted molar refractivity (Wildman–Crippen MR) is 191 cm³/mol. The molecule has 48 heavy (non-hydrogen) atoms. The van der Waals surface area contributed by atoms with E-state index in [9.17, 15) is 24.2 Å². The number of phosphoric ester groups is 1. The number of carbonyl (C=O) groups excluding carboxylic acids is 2. The van der Waals surface area contributed by atoms with Gasteiger partial charge in [0.25, 0.3) is 0 Å². The van der Waals surface area contributed by atoms with Crippen LogP contribution in [0.5, 0.6) is 0 Å². The van der Waals surface area contributed by atoms with Crippen LogP contribution in [0.25, 0.3) is 0 Å². The molecule has 1 unspecified atom stereocenters. The van der Waals surface area contributed by atoms with Crippen molar-refractivity contribution in [2.45, 2.75) is 174 Å². The van der Waals surface area contributed by atoms with Crippen LogP contribution in [0.3, 0.4) is 0 Å². The second kappa shape index (κ2) is 33.9. The molecule has 0 aliphatic heterocycles. The predicted octanol–water partition coefficient (Wildman–Crippen LogP) is 9.05. The van der Waals surface area contributed by atoms with Crippen molar-refractivity contribution in [2.24, 2.45) is 0 Å². The van der Waals surface area contributed by atoms with Gasteiger partial charge in [-0.05, 0) is 44.9 Å². The first-order chi connectivity index (χ1) is 23.2. The lowest BCUT2D eigenvalue weighted by Crippen LogP contribution is -2.29. The second-order valence-corrected chi connectivity index (χ2v) is 14.1. The van der Waals surface area contributed by atoms with Crippen molar-refractivity contribution in [2.75, 3.05) is 26.4 Å². The zero-order chi connectivity index (χ0) is 35.6. The molecule has 0 saturated heterocycles. The van der Waals surface area contributed by atoms with Crippen LogP contribution in [-0.4, -0.2) is 65.7 Å². The van der Waals surface area contributed by atoms with Crippen LogP contribution in [0.4, 0.5) is 0 Å². The summed E-state index contributed by atoms with van der Waals surface area (Å²) in [6.45, 7) is 2.29. The number of aliphatic hydroxyl groups excluding tert-OH is 2. The summed E-state index contributed by atoms with van der Waals surface area (Å²) in [5.41, 5.74) is 0. The minimum absolute atomic E-state index is 0.183. The molecule has 282 valence electrons. The fourth-order valence-electron chi connectivity index (χ4n) is 4.90. The Balaban J connectivity index is 4.29. The van der Waals surface area contributed by atoms with Crippen molar-refractivity contribution in [1.29, 1.82) is 0 Å². The van der Waals surface area contributed by atoms with E-state index < -0.39 is 51.8 Å². The number of ether oxygens (including phenoxy) is 2. The highest BCUT2D eigenvalue weighted by atomic mass is 31.2. The van der Waals surface area contributed by atoms with Gasteiger partial charge in [0.15, 0.2) is 6.10 Å². The maximum Gasteiger partial charge on any atom is 0.472 e. The third kappa shape index (κ3) is 33.0. The third-order valence-electron chi connectivity index (χ3n) is 7.86. The first-order valence-corrected chi connectivity index (χ1v) is 20.3. The highest BCUT2D eigenvalue weighted by Gasteiger charge is 2.27. The van der Waals surface area contributed by atoms with Gasteiger partial charge in [-0.25, -0.2) is 4.57 Å². The zero-order valence-electron chi connectivity index (χ0n) is 30.2. The van der Waals surface area contributed by atoms with Gasteiger partial charge < -0.3 is 24.6 Å². The summed E-state index contributed by atoms with van der Waals surface area (Å²) in [6, 6.07) is 0. The minimum atomic E-state index is -4.60. The summed E-state index contributed by atoms with van der Waals surface area (Å²) >= 11 is 0. The average Bonchev–Trinajstić information content (AvgIpc) is 3.07. The van der Waals surface area contributed by atoms with Crippen molar-refractivity contribution < 1.29 is 47.8 Å². The highest BCUT2D eigenvalue weighted by molar-refractivity contribution is 7.47. The molecular formula is C37H69O10P. The van der Waals surface area contributed by atoms with Gasteiger partial charge in [-0.2, -0.15) is 0 Å². The number of rotatable bonds is 35. The van der Waals surface area contributed by atoms with Crippen molar-refractivity contribution in [1.82, 2.24) is 0 Å². The topological polar surface area (TPSA) is 149 Å². The Morgan fingerprint density at radius 1 is 0.625 bits per heavy atom. The minimum Gasteiger partial charge on any atom is -0.462 e. The van der Waals surface area contributed by atoms with E-state index in [0.717, 1.165) is 51.4 Å². The maximum atomic E-state index is 12.4. The van der Waals surface area contributed by atoms with Crippen LogP contribution in [-0.2, 0) is 32.7 Å². The normalized spacial score (nSPS) is 14.4. The van der Waals surface area contributed by atoms with E-state index in [2.05, 4.69) is 42.7 Å². The molecule has 0 rings (SSSR count). The number of hydrogen-bond donors (Lipinski definition) is 3. The Kier molecular flexibility index (Phi) is 32.8. The van der Waals surface area contributed by atoms with Crippen molar-refractivity contribution in [3.63, 3.8) is 0 Å². The molecule has 10 nitrogen and oxygen atoms in total. The van der Waals surface area contributed by atoms with Gasteiger partial charge in [-0.3, -0.25) is 18.6 Å². The molecular weight excluding hydrogens is 635 g/mol. The van der Waals surface area contributed by atoms with Crippen LogP contribution in [0.1, 0.15) is 162 Å². The van der Waals surface area contributed by atoms with Gasteiger partial charge in [0.05, 0.1) is 19.8 Å². The quantitative estimate of drug-likeness (QED) is 0.0252. The number of unbranched alkanes of at least 4 members (excludes halogenated alkanes) is 17. The maximum absolute atomic E-state index is 12.4. The van der Waals surface area contributed by atoms with Crippen LogP contribution >= 0.6 is 7.82 Å². The van der Waals surface area contributed by atoms with E-state index in [-0.39, 0.29) is 19.4 Å². The lowest BCUT2D eigenvalue weighted by atomic mass is 10.1. The van der Waals surface area contributed by atoms with Crippen LogP contribution in [0, 0.1) is 0 Å². The molecule has 0 aromatic rings. The molecule has 0 aliphatic rings. The van der Waals surface area contributed by atoms with E-state index in [0.29, 0.717) is 12.8 Å². The molecule has 0 amide bonds. The van der Waals surface area contributed by atoms with E-state index in [4.69, 9.17) is 19.1 Å². The van der Waals surface area contributed by atoms with Gasteiger partial charge >= 0.3 is 19.8 Å². The van der Waals surface area contributed by atoms with Gasteiger partial charge in [-0.15, -0.1) is 0 Å². The van der Waals surface area contributed by atoms with Gasteiger partial charge in [0, 0.05) is 12.8 Å². The van der Waals surface area contributed by atoms with E-state index in [1.807, 2.05) is 0 Å². The molecule has 0 spiro atoms. The molecule has 0 heterocycles. The molecule has 3 N–H and O–H groups in total. The van der Waals surface area contributed by atoms with Gasteiger partial charge in [0.2, 0.25) is 0 Å². The number of esters is 2. The number of hydrogen-bond acceptors (Lipinski definition) is 9. The van der Waals surface area contributed by atoms with Crippen LogP contribution in [0.15, 0.2) is 24.3 Å². The molecule has 0 bridgehead atoms. The molecule has 0 aromatic carbocycles. The lowest BCUT2D eigenvalue weighted by Gasteiger charge is -2.20. The molecule has 3 atom stereocenters. The highest BCUT2D eigenvalue weighted by Crippen LogP contribution is 2.43. The molecule has 0 radical (unpaired) electrons. The fourth-order valence-corrected chi connectivity index (χ4v) is 5.69. The number of carbonyl (C=O) groups is 2. The Hall–Kier alpha value is -1.55. The first-order valence-electron chi connectivity index (χ1n) is 18.8. The molecule has 0 aliphatic carbocycles. The van der Waals surface area contributed by atoms with Crippen LogP contribution in [0.2, 0.25) is 0 Å². The SMILES string of the molecule is CCCCC/C=C/C/C=C/CCCCCCCCCC(=O)OC[C@@H](COP(=O)(O)OC[C@H](O)CO)OC(=O)CCCCCCCCCC. The van der Waals surface area contributed by atoms with Crippen molar-refractivity contribution in [3.8, 4) is 0 Å². The zero-order valence-corrected chi connectivity index (χ0v) is 31.1. The average molecular weight is 705 g/mol. The monoisotopic (exact) mass is 704 g/mol. The largest absolute Gasteiger partial charge is 0.472 e. The Morgan fingerprint density at radius 3 is 1.65 bits per heavy atom. The van der Waals surface area contributed by atoms with Gasteiger partial charge in [0.1, 0.15) is 12.7 Å². The number of aliphatic hydroxyl groups is 2. The summed E-state index contributed by atoms with van der Waals surface area (Å²) in [7, 11) is -4.60. The van der Waals surface area contributed by atoms with E-state index in [1.165, 1.54) is 70.6 Å². The summed E-state index contributed by atoms with van der Waals surface area (Å²) < 4.78 is 32.5. The fraction of sp³-hybridized carbons (Fsp3) is 0.838. The summed E-state index contributed by atoms with van der Waals surface area (Å²) in [5, 5.41) is 18.2. The number of allylic oxidation sites excluding steroid dienone is 4. The number of phosphoric acid groups is 1. The van der Waals surface area contributed by atoms with E-state index >= 15 is 0 Å². The third-order valence-corrected chi connectivity index (χ3v) is 8.81.